The minimum atomic E-state index is -0.0240. The maximum absolute atomic E-state index is 12.4. The molecule has 1 aromatic carbocycles. The molecule has 0 aliphatic carbocycles. The van der Waals surface area contributed by atoms with E-state index in [2.05, 4.69) is 0 Å². The molecular weight excluding hydrogens is 382 g/mol. The van der Waals surface area contributed by atoms with Crippen LogP contribution in [0.2, 0.25) is 4.34 Å². The van der Waals surface area contributed by atoms with Crippen molar-refractivity contribution in [2.75, 3.05) is 27.1 Å². The molecule has 25 heavy (non-hydrogen) atoms. The Bertz CT molecular complexity index is 755. The number of thiophene rings is 1. The minimum absolute atomic E-state index is 0.0240. The van der Waals surface area contributed by atoms with E-state index in [1.54, 1.807) is 33.1 Å². The summed E-state index contributed by atoms with van der Waals surface area (Å²) in [5.74, 6) is 2.26. The van der Waals surface area contributed by atoms with E-state index in [9.17, 15) is 4.79 Å². The van der Waals surface area contributed by atoms with Gasteiger partial charge >= 0.3 is 0 Å². The number of carbonyl (C=O) groups is 1. The number of hydrogen-bond donors (Lipinski definition) is 0. The molecule has 1 aliphatic rings. The van der Waals surface area contributed by atoms with Gasteiger partial charge in [0.2, 0.25) is 11.7 Å². The number of nitrogens with zero attached hydrogens (tertiary/aromatic N) is 1. The van der Waals surface area contributed by atoms with Crippen LogP contribution in [0.25, 0.3) is 0 Å². The lowest BCUT2D eigenvalue weighted by atomic mass is 10.1. The zero-order valence-corrected chi connectivity index (χ0v) is 16.5. The van der Waals surface area contributed by atoms with Crippen LogP contribution in [0.1, 0.15) is 15.8 Å². The number of thioether (sulfide) groups is 1. The van der Waals surface area contributed by atoms with Crippen molar-refractivity contribution in [1.82, 2.24) is 4.90 Å². The molecule has 8 heteroatoms. The fourth-order valence-electron chi connectivity index (χ4n) is 2.75. The maximum Gasteiger partial charge on any atom is 0.234 e. The van der Waals surface area contributed by atoms with Crippen molar-refractivity contribution in [1.29, 1.82) is 0 Å². The predicted molar refractivity (Wildman–Crippen MR) is 101 cm³/mol. The second kappa shape index (κ2) is 7.76. The lowest BCUT2D eigenvalue weighted by molar-refractivity contribution is -0.128. The number of benzene rings is 1. The second-order valence-electron chi connectivity index (χ2n) is 5.36. The molecule has 5 nitrogen and oxygen atoms in total. The molecule has 1 aromatic heterocycles. The van der Waals surface area contributed by atoms with Gasteiger partial charge in [-0.25, -0.2) is 0 Å². The summed E-state index contributed by atoms with van der Waals surface area (Å²) in [7, 11) is 4.72. The molecule has 1 unspecified atom stereocenters. The standard InChI is InChI=1S/C17H18ClNO4S2/c1-21-11-6-10(7-12(22-2)16(11)23-3)8-19-15(20)9-24-17(19)13-4-5-14(18)25-13/h4-7,17H,8-9H2,1-3H3. The molecule has 1 saturated heterocycles. The molecule has 134 valence electrons. The molecule has 0 spiro atoms. The van der Waals surface area contributed by atoms with Crippen LogP contribution in [-0.4, -0.2) is 37.9 Å². The number of hydrogen-bond acceptors (Lipinski definition) is 6. The third kappa shape index (κ3) is 3.68. The summed E-state index contributed by atoms with van der Waals surface area (Å²) in [6, 6.07) is 7.58. The SMILES string of the molecule is COc1cc(CN2C(=O)CSC2c2ccc(Cl)s2)cc(OC)c1OC. The second-order valence-corrected chi connectivity index (χ2v) is 8.18. The van der Waals surface area contributed by atoms with Crippen LogP contribution >= 0.6 is 34.7 Å². The van der Waals surface area contributed by atoms with Gasteiger partial charge in [0, 0.05) is 11.4 Å². The average Bonchev–Trinajstić information content (AvgIpc) is 3.20. The van der Waals surface area contributed by atoms with Crippen molar-refractivity contribution >= 4 is 40.6 Å². The topological polar surface area (TPSA) is 48.0 Å². The van der Waals surface area contributed by atoms with Gasteiger partial charge in [0.15, 0.2) is 11.5 Å². The zero-order chi connectivity index (χ0) is 18.0. The molecule has 2 aromatic rings. The van der Waals surface area contributed by atoms with Crippen molar-refractivity contribution < 1.29 is 19.0 Å². The van der Waals surface area contributed by atoms with E-state index in [4.69, 9.17) is 25.8 Å². The van der Waals surface area contributed by atoms with E-state index >= 15 is 0 Å². The van der Waals surface area contributed by atoms with Crippen molar-refractivity contribution in [2.45, 2.75) is 11.9 Å². The Balaban J connectivity index is 1.90. The summed E-state index contributed by atoms with van der Waals surface area (Å²) in [5.41, 5.74) is 0.915. The molecule has 0 bridgehead atoms. The first-order valence-corrected chi connectivity index (χ1v) is 9.77. The number of ether oxygens (including phenoxy) is 3. The highest BCUT2D eigenvalue weighted by Crippen LogP contribution is 2.44. The van der Waals surface area contributed by atoms with Gasteiger partial charge in [0.1, 0.15) is 5.37 Å². The maximum atomic E-state index is 12.4. The quantitative estimate of drug-likeness (QED) is 0.728. The summed E-state index contributed by atoms with van der Waals surface area (Å²) >= 11 is 9.17. The molecule has 1 amide bonds. The van der Waals surface area contributed by atoms with Gasteiger partial charge in [-0.2, -0.15) is 0 Å². The van der Waals surface area contributed by atoms with Crippen molar-refractivity contribution in [3.63, 3.8) is 0 Å². The summed E-state index contributed by atoms with van der Waals surface area (Å²) in [4.78, 5) is 15.3. The summed E-state index contributed by atoms with van der Waals surface area (Å²) in [6.45, 7) is 0.461. The molecule has 1 atom stereocenters. The number of amides is 1. The first-order valence-electron chi connectivity index (χ1n) is 7.52. The summed E-state index contributed by atoms with van der Waals surface area (Å²) in [5, 5.41) is -0.0240. The van der Waals surface area contributed by atoms with Crippen LogP contribution in [0.4, 0.5) is 0 Å². The molecule has 0 radical (unpaired) electrons. The lowest BCUT2D eigenvalue weighted by Crippen LogP contribution is -2.27. The van der Waals surface area contributed by atoms with Crippen LogP contribution in [0.15, 0.2) is 24.3 Å². The number of halogens is 1. The largest absolute Gasteiger partial charge is 0.493 e. The van der Waals surface area contributed by atoms with Gasteiger partial charge in [-0.15, -0.1) is 23.1 Å². The smallest absolute Gasteiger partial charge is 0.234 e. The van der Waals surface area contributed by atoms with Gasteiger partial charge in [-0.1, -0.05) is 11.6 Å². The van der Waals surface area contributed by atoms with Crippen molar-refractivity contribution in [2.24, 2.45) is 0 Å². The normalized spacial score (nSPS) is 17.0. The van der Waals surface area contributed by atoms with Gasteiger partial charge in [0.25, 0.3) is 0 Å². The van der Waals surface area contributed by atoms with E-state index in [-0.39, 0.29) is 11.3 Å². The highest BCUT2D eigenvalue weighted by Gasteiger charge is 2.34. The van der Waals surface area contributed by atoms with Crippen LogP contribution in [-0.2, 0) is 11.3 Å². The van der Waals surface area contributed by atoms with Crippen LogP contribution in [0.5, 0.6) is 17.2 Å². The molecule has 1 fully saturated rings. The minimum Gasteiger partial charge on any atom is -0.493 e. The third-order valence-corrected chi connectivity index (χ3v) is 6.55. The highest BCUT2D eigenvalue weighted by atomic mass is 35.5. The Labute approximate surface area is 159 Å². The molecule has 0 N–H and O–H groups in total. The monoisotopic (exact) mass is 399 g/mol. The third-order valence-electron chi connectivity index (χ3n) is 3.88. The molecule has 0 saturated carbocycles. The lowest BCUT2D eigenvalue weighted by Gasteiger charge is -2.24. The molecule has 3 rings (SSSR count). The van der Waals surface area contributed by atoms with Crippen LogP contribution < -0.4 is 14.2 Å². The molecular formula is C17H18ClNO4S2. The predicted octanol–water partition coefficient (Wildman–Crippen LogP) is 4.20. The highest BCUT2D eigenvalue weighted by molar-refractivity contribution is 8.00. The van der Waals surface area contributed by atoms with E-state index < -0.39 is 0 Å². The average molecular weight is 400 g/mol. The van der Waals surface area contributed by atoms with Crippen LogP contribution in [0.3, 0.4) is 0 Å². The number of methoxy groups -OCH3 is 3. The van der Waals surface area contributed by atoms with Gasteiger partial charge in [-0.3, -0.25) is 4.79 Å². The Kier molecular flexibility index (Phi) is 5.66. The van der Waals surface area contributed by atoms with Crippen LogP contribution in [0, 0.1) is 0 Å². The fourth-order valence-corrected chi connectivity index (χ4v) is 5.23. The van der Waals surface area contributed by atoms with E-state index in [1.165, 1.54) is 11.3 Å². The molecule has 2 heterocycles. The first kappa shape index (κ1) is 18.2. The Morgan fingerprint density at radius 1 is 1.16 bits per heavy atom. The Hall–Kier alpha value is -1.57. The Morgan fingerprint density at radius 2 is 1.84 bits per heavy atom. The first-order chi connectivity index (χ1) is 12.1. The fraction of sp³-hybridized carbons (Fsp3) is 0.353. The Morgan fingerprint density at radius 3 is 2.36 bits per heavy atom. The van der Waals surface area contributed by atoms with Crippen molar-refractivity contribution in [3.8, 4) is 17.2 Å². The van der Waals surface area contributed by atoms with Gasteiger partial charge in [0.05, 0.1) is 31.4 Å². The number of rotatable bonds is 6. The van der Waals surface area contributed by atoms with Crippen molar-refractivity contribution in [3.05, 3.63) is 39.0 Å². The van der Waals surface area contributed by atoms with E-state index in [0.29, 0.717) is 29.5 Å². The number of carbonyl (C=O) groups excluding carboxylic acids is 1. The summed E-state index contributed by atoms with van der Waals surface area (Å²) < 4.78 is 16.9. The molecule has 1 aliphatic heterocycles. The zero-order valence-electron chi connectivity index (χ0n) is 14.1. The van der Waals surface area contributed by atoms with E-state index in [1.807, 2.05) is 29.2 Å². The van der Waals surface area contributed by atoms with E-state index in [0.717, 1.165) is 14.8 Å². The summed E-state index contributed by atoms with van der Waals surface area (Å²) in [6.07, 6.45) is 0. The van der Waals surface area contributed by atoms with Gasteiger partial charge < -0.3 is 19.1 Å². The van der Waals surface area contributed by atoms with Gasteiger partial charge in [-0.05, 0) is 29.8 Å².